The summed E-state index contributed by atoms with van der Waals surface area (Å²) in [6.07, 6.45) is 2.83. The van der Waals surface area contributed by atoms with Crippen LogP contribution in [0.2, 0.25) is 5.02 Å². The van der Waals surface area contributed by atoms with E-state index in [1.54, 1.807) is 19.3 Å². The fraction of sp³-hybridized carbons (Fsp3) is 0.345. The maximum Gasteiger partial charge on any atom is 0.416 e. The van der Waals surface area contributed by atoms with Crippen LogP contribution in [-0.4, -0.2) is 55.3 Å². The molecule has 224 valence electrons. The summed E-state index contributed by atoms with van der Waals surface area (Å²) in [6, 6.07) is 4.64. The first kappa shape index (κ1) is 28.7. The molecule has 0 bridgehead atoms. The minimum atomic E-state index is -4.60. The zero-order valence-electron chi connectivity index (χ0n) is 23.0. The van der Waals surface area contributed by atoms with Gasteiger partial charge in [0.2, 0.25) is 5.91 Å². The van der Waals surface area contributed by atoms with E-state index in [9.17, 15) is 22.8 Å². The van der Waals surface area contributed by atoms with Gasteiger partial charge in [-0.05, 0) is 50.5 Å². The number of nitrogens with two attached hydrogens (primary N) is 1. The Bertz CT molecular complexity index is 1740. The second-order valence-electron chi connectivity index (χ2n) is 10.5. The molecule has 1 aromatic carbocycles. The number of anilines is 2. The smallest absolute Gasteiger partial charge is 0.416 e. The minimum absolute atomic E-state index is 0.0390. The van der Waals surface area contributed by atoms with Gasteiger partial charge in [-0.1, -0.05) is 11.6 Å². The van der Waals surface area contributed by atoms with Gasteiger partial charge in [0.1, 0.15) is 34.4 Å². The third-order valence-corrected chi connectivity index (χ3v) is 8.17. The highest BCUT2D eigenvalue weighted by Gasteiger charge is 2.38. The highest BCUT2D eigenvalue weighted by atomic mass is 35.5. The molecule has 0 radical (unpaired) electrons. The van der Waals surface area contributed by atoms with Crippen molar-refractivity contribution in [2.45, 2.75) is 50.7 Å². The monoisotopic (exact) mass is 613 g/mol. The van der Waals surface area contributed by atoms with Crippen LogP contribution in [0.4, 0.5) is 24.8 Å². The summed E-state index contributed by atoms with van der Waals surface area (Å²) >= 11 is 6.79. The first-order valence-electron chi connectivity index (χ1n) is 13.8. The Hall–Kier alpha value is -4.39. The summed E-state index contributed by atoms with van der Waals surface area (Å²) in [5.74, 6) is 0.225. The molecule has 0 unspecified atom stereocenters. The van der Waals surface area contributed by atoms with Crippen LogP contribution in [0.25, 0.3) is 16.8 Å². The molecule has 3 N–H and O–H groups in total. The SMILES string of the molecule is CCOc1cc(C(=O)Nc2cc(C(F)(F)F)ccn2)cc(Cl)c1-c1nc([C@@H]2CC[C@H]3CCC(=O)N3C2)n2ccnc(N)c12. The maximum absolute atomic E-state index is 13.1. The number of benzene rings is 1. The molecule has 2 saturated heterocycles. The van der Waals surface area contributed by atoms with E-state index in [4.69, 9.17) is 27.1 Å². The Kier molecular flexibility index (Phi) is 7.36. The molecule has 10 nitrogen and oxygen atoms in total. The molecular formula is C29H27ClF3N7O3. The van der Waals surface area contributed by atoms with Gasteiger partial charge in [0.25, 0.3) is 5.91 Å². The summed E-state index contributed by atoms with van der Waals surface area (Å²) in [5.41, 5.74) is 6.73. The number of pyridine rings is 1. The third-order valence-electron chi connectivity index (χ3n) is 7.88. The standard InChI is InChI=1S/C29H27ClF3N7O3/c1-2-43-20-12-16(28(42)37-21-13-17(7-8-35-21)29(31,32)33)11-19(30)23(20)24-25-26(34)36-9-10-39(25)27(38-24)15-3-4-18-5-6-22(41)40(18)14-15/h7-13,15,18H,2-6,14H2,1H3,(H2,34,36)(H,35,37,42)/t15-,18+/m1/s1. The van der Waals surface area contributed by atoms with Crippen LogP contribution >= 0.6 is 11.6 Å². The molecule has 2 atom stereocenters. The molecule has 2 amide bonds. The van der Waals surface area contributed by atoms with Crippen molar-refractivity contribution < 1.29 is 27.5 Å². The molecule has 0 saturated carbocycles. The maximum atomic E-state index is 13.1. The number of hydrogen-bond acceptors (Lipinski definition) is 7. The van der Waals surface area contributed by atoms with Gasteiger partial charge in [-0.15, -0.1) is 0 Å². The average molecular weight is 614 g/mol. The molecule has 2 aliphatic heterocycles. The van der Waals surface area contributed by atoms with Crippen LogP contribution in [0.3, 0.4) is 0 Å². The van der Waals surface area contributed by atoms with Crippen molar-refractivity contribution in [3.63, 3.8) is 0 Å². The molecule has 3 aromatic heterocycles. The lowest BCUT2D eigenvalue weighted by molar-refractivity contribution is -0.137. The zero-order chi connectivity index (χ0) is 30.5. The van der Waals surface area contributed by atoms with E-state index in [-0.39, 0.29) is 52.4 Å². The van der Waals surface area contributed by atoms with E-state index in [1.807, 2.05) is 9.30 Å². The molecule has 4 aromatic rings. The lowest BCUT2D eigenvalue weighted by Crippen LogP contribution is -2.41. The lowest BCUT2D eigenvalue weighted by Gasteiger charge is -2.34. The van der Waals surface area contributed by atoms with Crippen molar-refractivity contribution in [2.24, 2.45) is 0 Å². The van der Waals surface area contributed by atoms with Crippen LogP contribution in [0.1, 0.15) is 60.3 Å². The van der Waals surface area contributed by atoms with Gasteiger partial charge in [-0.2, -0.15) is 13.2 Å². The number of aromatic nitrogens is 4. The molecule has 14 heteroatoms. The Labute approximate surface area is 249 Å². The number of imidazole rings is 1. The van der Waals surface area contributed by atoms with Crippen LogP contribution in [0.15, 0.2) is 42.9 Å². The van der Waals surface area contributed by atoms with E-state index < -0.39 is 17.6 Å². The Morgan fingerprint density at radius 2 is 2.00 bits per heavy atom. The van der Waals surface area contributed by atoms with Crippen molar-refractivity contribution in [3.8, 4) is 17.0 Å². The number of piperidine rings is 1. The predicted octanol–water partition coefficient (Wildman–Crippen LogP) is 5.57. The van der Waals surface area contributed by atoms with Gasteiger partial charge in [-0.25, -0.2) is 15.0 Å². The van der Waals surface area contributed by atoms with Crippen LogP contribution in [0.5, 0.6) is 5.75 Å². The lowest BCUT2D eigenvalue weighted by atomic mass is 9.92. The molecular weight excluding hydrogens is 587 g/mol. The fourth-order valence-electron chi connectivity index (χ4n) is 5.90. The van der Waals surface area contributed by atoms with Gasteiger partial charge < -0.3 is 20.7 Å². The highest BCUT2D eigenvalue weighted by Crippen LogP contribution is 2.43. The number of carbonyl (C=O) groups is 2. The van der Waals surface area contributed by atoms with Gasteiger partial charge in [0.15, 0.2) is 0 Å². The van der Waals surface area contributed by atoms with Gasteiger partial charge in [0, 0.05) is 49.1 Å². The molecule has 0 spiro atoms. The van der Waals surface area contributed by atoms with E-state index >= 15 is 0 Å². The van der Waals surface area contributed by atoms with Crippen LogP contribution in [0, 0.1) is 0 Å². The number of ether oxygens (including phenoxy) is 1. The summed E-state index contributed by atoms with van der Waals surface area (Å²) in [4.78, 5) is 40.6. The van der Waals surface area contributed by atoms with E-state index in [0.29, 0.717) is 35.6 Å². The zero-order valence-corrected chi connectivity index (χ0v) is 23.7. The van der Waals surface area contributed by atoms with Crippen molar-refractivity contribution in [1.29, 1.82) is 0 Å². The second-order valence-corrected chi connectivity index (χ2v) is 10.9. The summed E-state index contributed by atoms with van der Waals surface area (Å²) in [6.45, 7) is 2.52. The first-order valence-corrected chi connectivity index (χ1v) is 14.2. The third kappa shape index (κ3) is 5.33. The molecule has 6 rings (SSSR count). The quantitative estimate of drug-likeness (QED) is 0.291. The molecule has 2 fully saturated rings. The van der Waals surface area contributed by atoms with E-state index in [2.05, 4.69) is 15.3 Å². The number of rotatable bonds is 6. The number of nitrogen functional groups attached to an aromatic ring is 1. The number of fused-ring (bicyclic) bond motifs is 2. The number of nitrogens with zero attached hydrogens (tertiary/aromatic N) is 5. The largest absolute Gasteiger partial charge is 0.493 e. The number of carbonyl (C=O) groups excluding carboxylic acids is 2. The molecule has 5 heterocycles. The van der Waals surface area contributed by atoms with Gasteiger partial charge >= 0.3 is 6.18 Å². The minimum Gasteiger partial charge on any atom is -0.493 e. The number of halogens is 4. The van der Waals surface area contributed by atoms with Gasteiger partial charge in [-0.3, -0.25) is 14.0 Å². The van der Waals surface area contributed by atoms with Crippen molar-refractivity contribution in [1.82, 2.24) is 24.3 Å². The summed E-state index contributed by atoms with van der Waals surface area (Å²) in [5, 5.41) is 2.50. The average Bonchev–Trinajstić information content (AvgIpc) is 3.54. The Morgan fingerprint density at radius 1 is 1.19 bits per heavy atom. The van der Waals surface area contributed by atoms with Crippen molar-refractivity contribution in [3.05, 3.63) is 64.8 Å². The number of hydrogen-bond donors (Lipinski definition) is 2. The van der Waals surface area contributed by atoms with Crippen LogP contribution < -0.4 is 15.8 Å². The second kappa shape index (κ2) is 11.0. The highest BCUT2D eigenvalue weighted by molar-refractivity contribution is 6.34. The number of nitrogens with one attached hydrogen (secondary N) is 1. The van der Waals surface area contributed by atoms with Crippen LogP contribution in [-0.2, 0) is 11.0 Å². The first-order chi connectivity index (χ1) is 20.5. The number of amides is 2. The molecule has 43 heavy (non-hydrogen) atoms. The van der Waals surface area contributed by atoms with E-state index in [1.165, 1.54) is 12.1 Å². The Morgan fingerprint density at radius 3 is 2.77 bits per heavy atom. The Balaban J connectivity index is 1.40. The van der Waals surface area contributed by atoms with Crippen molar-refractivity contribution >= 4 is 40.6 Å². The van der Waals surface area contributed by atoms with Crippen molar-refractivity contribution in [2.75, 3.05) is 24.2 Å². The topological polar surface area (TPSA) is 128 Å². The summed E-state index contributed by atoms with van der Waals surface area (Å²) in [7, 11) is 0. The normalized spacial score (nSPS) is 18.6. The van der Waals surface area contributed by atoms with Gasteiger partial charge in [0.05, 0.1) is 22.8 Å². The fourth-order valence-corrected chi connectivity index (χ4v) is 6.20. The predicted molar refractivity (Wildman–Crippen MR) is 153 cm³/mol. The molecule has 2 aliphatic rings. The molecule has 0 aliphatic carbocycles. The summed E-state index contributed by atoms with van der Waals surface area (Å²) < 4.78 is 47.2. The van der Waals surface area contributed by atoms with E-state index in [0.717, 1.165) is 37.6 Å². The number of alkyl halides is 3.